The second kappa shape index (κ2) is 16.1. The zero-order chi connectivity index (χ0) is 40.6. The van der Waals surface area contributed by atoms with Gasteiger partial charge in [0.15, 0.2) is 0 Å². The van der Waals surface area contributed by atoms with Crippen molar-refractivity contribution in [2.45, 2.75) is 37.9 Å². The smallest absolute Gasteiger partial charge is 0.126 e. The van der Waals surface area contributed by atoms with Gasteiger partial charge >= 0.3 is 0 Å². The number of benzene rings is 7. The van der Waals surface area contributed by atoms with Gasteiger partial charge in [0.25, 0.3) is 0 Å². The molecule has 0 fully saturated rings. The number of nitrogens with zero attached hydrogens (tertiary/aromatic N) is 3. The van der Waals surface area contributed by atoms with Gasteiger partial charge in [0, 0.05) is 83.6 Å². The summed E-state index contributed by atoms with van der Waals surface area (Å²) in [5.41, 5.74) is 6.27. The minimum Gasteiger partial charge on any atom is -0.491 e. The molecule has 3 aromatic heterocycles. The number of aromatic nitrogens is 3. The number of para-hydroxylation sites is 6. The van der Waals surface area contributed by atoms with Crippen LogP contribution >= 0.6 is 0 Å². The number of fused-ring (bicyclic) bond motifs is 9. The summed E-state index contributed by atoms with van der Waals surface area (Å²) in [5.74, 6) is 1.28. The Morgan fingerprint density at radius 2 is 0.517 bits per heavy atom. The van der Waals surface area contributed by atoms with Crippen molar-refractivity contribution in [2.24, 2.45) is 0 Å². The molecule has 0 aliphatic heterocycles. The van der Waals surface area contributed by atoms with Crippen LogP contribution in [0.15, 0.2) is 164 Å². The van der Waals surface area contributed by atoms with E-state index in [1.807, 2.05) is 72.8 Å². The summed E-state index contributed by atoms with van der Waals surface area (Å²) in [6.45, 7) is 1.02. The molecule has 0 aliphatic carbocycles. The van der Waals surface area contributed by atoms with Crippen LogP contribution < -0.4 is 14.2 Å². The van der Waals surface area contributed by atoms with Gasteiger partial charge in [-0.25, -0.2) is 0 Å². The minimum atomic E-state index is -0.834. The minimum absolute atomic E-state index is 0.0104. The molecule has 3 heterocycles. The maximum Gasteiger partial charge on any atom is 0.126 e. The third-order valence-corrected chi connectivity index (χ3v) is 11.4. The molecule has 3 unspecified atom stereocenters. The highest BCUT2D eigenvalue weighted by molar-refractivity contribution is 6.09. The maximum atomic E-state index is 11.4. The van der Waals surface area contributed by atoms with Gasteiger partial charge in [-0.3, -0.25) is 0 Å². The Morgan fingerprint density at radius 1 is 0.317 bits per heavy atom. The van der Waals surface area contributed by atoms with E-state index in [4.69, 9.17) is 14.2 Å². The van der Waals surface area contributed by atoms with E-state index in [0.29, 0.717) is 36.9 Å². The third kappa shape index (κ3) is 7.17. The predicted molar refractivity (Wildman–Crippen MR) is 239 cm³/mol. The van der Waals surface area contributed by atoms with Crippen molar-refractivity contribution in [3.63, 3.8) is 0 Å². The zero-order valence-electron chi connectivity index (χ0n) is 33.0. The summed E-state index contributed by atoms with van der Waals surface area (Å²) in [4.78, 5) is 0. The van der Waals surface area contributed by atoms with Crippen molar-refractivity contribution >= 4 is 65.4 Å². The van der Waals surface area contributed by atoms with E-state index in [-0.39, 0.29) is 19.8 Å². The summed E-state index contributed by atoms with van der Waals surface area (Å²) in [6.07, 6.45) is -2.50. The molecule has 10 rings (SSSR count). The number of hydrogen-bond donors (Lipinski definition) is 3. The third-order valence-electron chi connectivity index (χ3n) is 11.4. The summed E-state index contributed by atoms with van der Waals surface area (Å²) in [6, 6.07) is 54.4. The Morgan fingerprint density at radius 3 is 0.733 bits per heavy atom. The molecule has 0 saturated heterocycles. The average Bonchev–Trinajstić information content (AvgIpc) is 3.90. The van der Waals surface area contributed by atoms with Crippen molar-refractivity contribution in [2.75, 3.05) is 19.8 Å². The van der Waals surface area contributed by atoms with Crippen LogP contribution in [0.4, 0.5) is 0 Å². The molecule has 0 amide bonds. The van der Waals surface area contributed by atoms with Crippen LogP contribution in [0, 0.1) is 0 Å². The molecule has 0 bridgehead atoms. The maximum absolute atomic E-state index is 11.4. The second-order valence-corrected chi connectivity index (χ2v) is 15.5. The molecule has 3 N–H and O–H groups in total. The van der Waals surface area contributed by atoms with Crippen molar-refractivity contribution in [1.82, 2.24) is 13.7 Å². The highest BCUT2D eigenvalue weighted by atomic mass is 16.5. The first-order chi connectivity index (χ1) is 29.5. The van der Waals surface area contributed by atoms with Crippen LogP contribution in [0.25, 0.3) is 65.4 Å². The quantitative estimate of drug-likeness (QED) is 0.0957. The van der Waals surface area contributed by atoms with E-state index in [0.717, 1.165) is 65.4 Å². The van der Waals surface area contributed by atoms with Crippen molar-refractivity contribution in [3.05, 3.63) is 164 Å². The average molecular weight is 796 g/mol. The van der Waals surface area contributed by atoms with E-state index in [1.54, 1.807) is 18.2 Å². The second-order valence-electron chi connectivity index (χ2n) is 15.5. The SMILES string of the molecule is OC(COc1cc(OCC(O)Cn2c3ccccc3c3ccccc32)cc(OCC(O)Cn2c3ccccc3c3ccccc32)c1)Cn1c2ccccc2c2ccccc21. The molecule has 9 nitrogen and oxygen atoms in total. The number of aliphatic hydroxyl groups excluding tert-OH is 3. The fourth-order valence-corrected chi connectivity index (χ4v) is 8.76. The molecule has 0 aliphatic rings. The van der Waals surface area contributed by atoms with Crippen LogP contribution in [0.1, 0.15) is 0 Å². The van der Waals surface area contributed by atoms with Gasteiger partial charge in [0.2, 0.25) is 0 Å². The van der Waals surface area contributed by atoms with E-state index in [9.17, 15) is 15.3 Å². The first-order valence-corrected chi connectivity index (χ1v) is 20.4. The molecule has 0 radical (unpaired) electrons. The van der Waals surface area contributed by atoms with E-state index in [2.05, 4.69) is 86.5 Å². The van der Waals surface area contributed by atoms with Crippen LogP contribution in [-0.2, 0) is 19.6 Å². The molecular weight excluding hydrogens is 751 g/mol. The number of ether oxygens (including phenoxy) is 3. The lowest BCUT2D eigenvalue weighted by Gasteiger charge is -2.19. The Kier molecular flexibility index (Phi) is 10.1. The summed E-state index contributed by atoms with van der Waals surface area (Å²) in [7, 11) is 0. The van der Waals surface area contributed by atoms with Gasteiger partial charge in [-0.05, 0) is 36.4 Å². The van der Waals surface area contributed by atoms with Crippen molar-refractivity contribution in [1.29, 1.82) is 0 Å². The van der Waals surface area contributed by atoms with Gasteiger partial charge < -0.3 is 43.2 Å². The fourth-order valence-electron chi connectivity index (χ4n) is 8.76. The molecule has 3 atom stereocenters. The lowest BCUT2D eigenvalue weighted by atomic mass is 10.2. The van der Waals surface area contributed by atoms with Crippen LogP contribution in [-0.4, -0.2) is 67.2 Å². The van der Waals surface area contributed by atoms with Gasteiger partial charge in [-0.15, -0.1) is 0 Å². The molecule has 60 heavy (non-hydrogen) atoms. The van der Waals surface area contributed by atoms with E-state index >= 15 is 0 Å². The largest absolute Gasteiger partial charge is 0.491 e. The van der Waals surface area contributed by atoms with Gasteiger partial charge in [0.05, 0.1) is 19.6 Å². The van der Waals surface area contributed by atoms with Gasteiger partial charge in [-0.2, -0.15) is 0 Å². The molecule has 300 valence electrons. The first-order valence-electron chi connectivity index (χ1n) is 20.4. The Hall–Kier alpha value is -6.78. The first kappa shape index (κ1) is 37.5. The lowest BCUT2D eigenvalue weighted by Crippen LogP contribution is -2.24. The Labute approximate surface area is 346 Å². The normalized spacial score (nSPS) is 13.4. The van der Waals surface area contributed by atoms with Gasteiger partial charge in [0.1, 0.15) is 55.4 Å². The predicted octanol–water partition coefficient (Wildman–Crippen LogP) is 9.33. The van der Waals surface area contributed by atoms with Crippen LogP contribution in [0.5, 0.6) is 17.2 Å². The highest BCUT2D eigenvalue weighted by Crippen LogP contribution is 2.33. The molecule has 0 spiro atoms. The molecule has 7 aromatic carbocycles. The Balaban J connectivity index is 0.875. The highest BCUT2D eigenvalue weighted by Gasteiger charge is 2.18. The molecule has 9 heteroatoms. The number of hydrogen-bond acceptors (Lipinski definition) is 6. The standard InChI is InChI=1S/C51H45N3O6/c55-34(28-52-46-19-7-1-13-40(46)41-14-2-8-20-47(41)52)31-58-37-25-38(59-32-35(56)29-53-48-21-9-3-15-42(48)43-16-4-10-22-49(43)53)27-39(26-37)60-33-36(57)30-54-50-23-11-5-17-44(50)45-18-6-12-24-51(45)54/h1-27,34-36,55-57H,28-33H2. The molecule has 10 aromatic rings. The topological polar surface area (TPSA) is 103 Å². The fraction of sp³-hybridized carbons (Fsp3) is 0.176. The summed E-state index contributed by atoms with van der Waals surface area (Å²) in [5, 5.41) is 40.9. The van der Waals surface area contributed by atoms with Crippen LogP contribution in [0.3, 0.4) is 0 Å². The number of aliphatic hydroxyl groups is 3. The molecular formula is C51H45N3O6. The Bertz CT molecular complexity index is 2620. The molecule has 0 saturated carbocycles. The van der Waals surface area contributed by atoms with Crippen LogP contribution in [0.2, 0.25) is 0 Å². The van der Waals surface area contributed by atoms with Gasteiger partial charge in [-0.1, -0.05) is 109 Å². The zero-order valence-corrected chi connectivity index (χ0v) is 33.0. The summed E-state index contributed by atoms with van der Waals surface area (Å²) < 4.78 is 25.1. The lowest BCUT2D eigenvalue weighted by molar-refractivity contribution is 0.0874. The summed E-state index contributed by atoms with van der Waals surface area (Å²) >= 11 is 0. The monoisotopic (exact) mass is 795 g/mol. The number of rotatable bonds is 15. The van der Waals surface area contributed by atoms with Crippen molar-refractivity contribution in [3.8, 4) is 17.2 Å². The van der Waals surface area contributed by atoms with Crippen molar-refractivity contribution < 1.29 is 29.5 Å². The van der Waals surface area contributed by atoms with E-state index in [1.165, 1.54) is 0 Å². The van der Waals surface area contributed by atoms with E-state index < -0.39 is 18.3 Å².